The summed E-state index contributed by atoms with van der Waals surface area (Å²) in [6, 6.07) is 22.7. The summed E-state index contributed by atoms with van der Waals surface area (Å²) in [5.74, 6) is 0. The first-order valence-corrected chi connectivity index (χ1v) is 8.07. The van der Waals surface area contributed by atoms with Crippen molar-refractivity contribution in [3.05, 3.63) is 78.0 Å². The minimum absolute atomic E-state index is 0.776. The number of nitrogen functional groups attached to an aromatic ring is 2. The standard InChI is InChI=1S/C21H19N3/c1-24-20(11-14-5-3-2-4-6-14)19-12-15(22)7-9-17(19)18-10-8-16(23)13-21(18)24/h2-10,12-13,23H,11,22H2,1H3/p+1. The summed E-state index contributed by atoms with van der Waals surface area (Å²) in [6.07, 6.45) is 0.849. The van der Waals surface area contributed by atoms with Gasteiger partial charge in [0.15, 0.2) is 5.69 Å². The van der Waals surface area contributed by atoms with Crippen molar-refractivity contribution in [2.75, 3.05) is 11.5 Å². The molecule has 0 saturated carbocycles. The number of pyridine rings is 1. The lowest BCUT2D eigenvalue weighted by atomic mass is 9.98. The van der Waals surface area contributed by atoms with Crippen LogP contribution >= 0.6 is 0 Å². The molecule has 3 aromatic carbocycles. The van der Waals surface area contributed by atoms with Crippen molar-refractivity contribution in [2.24, 2.45) is 7.05 Å². The van der Waals surface area contributed by atoms with Crippen LogP contribution < -0.4 is 16.0 Å². The number of aromatic nitrogens is 1. The minimum Gasteiger partial charge on any atom is -0.399 e. The summed E-state index contributed by atoms with van der Waals surface area (Å²) in [5.41, 5.74) is 17.3. The molecule has 0 amide bonds. The van der Waals surface area contributed by atoms with Crippen molar-refractivity contribution < 1.29 is 4.57 Å². The Hall–Kier alpha value is -3.07. The van der Waals surface area contributed by atoms with Crippen molar-refractivity contribution in [1.82, 2.24) is 0 Å². The lowest BCUT2D eigenvalue weighted by molar-refractivity contribution is -0.650. The molecule has 0 bridgehead atoms. The first-order valence-electron chi connectivity index (χ1n) is 8.07. The third-order valence-electron chi connectivity index (χ3n) is 4.65. The normalized spacial score (nSPS) is 11.2. The zero-order valence-electron chi connectivity index (χ0n) is 13.7. The quantitative estimate of drug-likeness (QED) is 0.337. The number of anilines is 2. The number of rotatable bonds is 2. The van der Waals surface area contributed by atoms with Gasteiger partial charge in [-0.2, -0.15) is 4.57 Å². The molecule has 1 heterocycles. The Bertz CT molecular complexity index is 1050. The molecule has 0 aliphatic heterocycles. The van der Waals surface area contributed by atoms with Gasteiger partial charge in [-0.1, -0.05) is 36.4 Å². The molecule has 4 N–H and O–H groups in total. The van der Waals surface area contributed by atoms with E-state index in [2.05, 4.69) is 54.1 Å². The summed E-state index contributed by atoms with van der Waals surface area (Å²) < 4.78 is 2.24. The monoisotopic (exact) mass is 314 g/mol. The van der Waals surface area contributed by atoms with Gasteiger partial charge in [-0.25, -0.2) is 0 Å². The van der Waals surface area contributed by atoms with E-state index < -0.39 is 0 Å². The van der Waals surface area contributed by atoms with Crippen LogP contribution in [0.1, 0.15) is 11.3 Å². The van der Waals surface area contributed by atoms with E-state index in [0.29, 0.717) is 0 Å². The van der Waals surface area contributed by atoms with Crippen molar-refractivity contribution in [3.63, 3.8) is 0 Å². The van der Waals surface area contributed by atoms with Gasteiger partial charge >= 0.3 is 0 Å². The van der Waals surface area contributed by atoms with E-state index in [-0.39, 0.29) is 0 Å². The van der Waals surface area contributed by atoms with E-state index >= 15 is 0 Å². The summed E-state index contributed by atoms with van der Waals surface area (Å²) in [6.45, 7) is 0. The molecule has 0 atom stereocenters. The number of nitrogens with zero attached hydrogens (tertiary/aromatic N) is 1. The van der Waals surface area contributed by atoms with Crippen LogP contribution in [0.2, 0.25) is 0 Å². The fourth-order valence-electron chi connectivity index (χ4n) is 3.42. The van der Waals surface area contributed by atoms with E-state index in [1.54, 1.807) is 0 Å². The average Bonchev–Trinajstić information content (AvgIpc) is 2.59. The van der Waals surface area contributed by atoms with Crippen LogP contribution in [0.25, 0.3) is 21.7 Å². The molecule has 4 rings (SSSR count). The molecule has 3 heteroatoms. The predicted octanol–water partition coefficient (Wildman–Crippen LogP) is 3.57. The lowest BCUT2D eigenvalue weighted by Gasteiger charge is -2.10. The van der Waals surface area contributed by atoms with Gasteiger partial charge in [0.25, 0.3) is 0 Å². The third-order valence-corrected chi connectivity index (χ3v) is 4.65. The molecular formula is C21H20N3+. The Labute approximate surface area is 141 Å². The van der Waals surface area contributed by atoms with E-state index in [0.717, 1.165) is 23.3 Å². The highest BCUT2D eigenvalue weighted by Gasteiger charge is 2.19. The fourth-order valence-corrected chi connectivity index (χ4v) is 3.42. The number of aryl methyl sites for hydroxylation is 1. The second-order valence-corrected chi connectivity index (χ2v) is 6.25. The van der Waals surface area contributed by atoms with E-state index in [1.165, 1.54) is 27.4 Å². The van der Waals surface area contributed by atoms with Crippen molar-refractivity contribution in [1.29, 1.82) is 0 Å². The van der Waals surface area contributed by atoms with Crippen LogP contribution in [0.3, 0.4) is 0 Å². The summed E-state index contributed by atoms with van der Waals surface area (Å²) in [4.78, 5) is 0. The Kier molecular flexibility index (Phi) is 3.35. The number of nitrogens with two attached hydrogens (primary N) is 2. The zero-order valence-corrected chi connectivity index (χ0v) is 13.7. The van der Waals surface area contributed by atoms with Gasteiger partial charge < -0.3 is 11.5 Å². The van der Waals surface area contributed by atoms with Crippen LogP contribution in [-0.4, -0.2) is 0 Å². The van der Waals surface area contributed by atoms with Crippen LogP contribution in [0, 0.1) is 0 Å². The van der Waals surface area contributed by atoms with E-state index in [1.807, 2.05) is 24.3 Å². The van der Waals surface area contributed by atoms with Crippen LogP contribution in [-0.2, 0) is 13.5 Å². The van der Waals surface area contributed by atoms with Gasteiger partial charge in [-0.3, -0.25) is 0 Å². The molecule has 0 aliphatic rings. The molecule has 3 nitrogen and oxygen atoms in total. The van der Waals surface area contributed by atoms with Crippen molar-refractivity contribution >= 4 is 33.1 Å². The van der Waals surface area contributed by atoms with Gasteiger partial charge in [0.1, 0.15) is 7.05 Å². The van der Waals surface area contributed by atoms with Crippen LogP contribution in [0.15, 0.2) is 66.7 Å². The number of hydrogen-bond acceptors (Lipinski definition) is 2. The van der Waals surface area contributed by atoms with Gasteiger partial charge in [-0.05, 0) is 29.8 Å². The number of hydrogen-bond donors (Lipinski definition) is 2. The summed E-state index contributed by atoms with van der Waals surface area (Å²) >= 11 is 0. The Morgan fingerprint density at radius 1 is 0.750 bits per heavy atom. The maximum atomic E-state index is 6.08. The smallest absolute Gasteiger partial charge is 0.215 e. The molecule has 0 saturated heterocycles. The number of fused-ring (bicyclic) bond motifs is 3. The maximum Gasteiger partial charge on any atom is 0.215 e. The largest absolute Gasteiger partial charge is 0.399 e. The number of benzene rings is 3. The molecule has 4 aromatic rings. The first kappa shape index (κ1) is 14.5. The van der Waals surface area contributed by atoms with Gasteiger partial charge in [0.05, 0.1) is 17.2 Å². The van der Waals surface area contributed by atoms with E-state index in [4.69, 9.17) is 11.5 Å². The zero-order chi connectivity index (χ0) is 16.7. The highest BCUT2D eigenvalue weighted by molar-refractivity contribution is 6.06. The Morgan fingerprint density at radius 3 is 2.17 bits per heavy atom. The predicted molar refractivity (Wildman–Crippen MR) is 101 cm³/mol. The van der Waals surface area contributed by atoms with Gasteiger partial charge in [-0.15, -0.1) is 0 Å². The minimum atomic E-state index is 0.776. The summed E-state index contributed by atoms with van der Waals surface area (Å²) in [7, 11) is 2.10. The molecule has 24 heavy (non-hydrogen) atoms. The maximum absolute atomic E-state index is 6.08. The lowest BCUT2D eigenvalue weighted by Crippen LogP contribution is -2.35. The molecule has 0 aliphatic carbocycles. The van der Waals surface area contributed by atoms with Gasteiger partial charge in [0, 0.05) is 22.8 Å². The molecule has 118 valence electrons. The third kappa shape index (κ3) is 2.35. The highest BCUT2D eigenvalue weighted by atomic mass is 14.9. The topological polar surface area (TPSA) is 55.9 Å². The molecule has 0 spiro atoms. The summed E-state index contributed by atoms with van der Waals surface area (Å²) in [5, 5.41) is 3.60. The van der Waals surface area contributed by atoms with Gasteiger partial charge in [0.2, 0.25) is 5.52 Å². The van der Waals surface area contributed by atoms with E-state index in [9.17, 15) is 0 Å². The molecule has 0 unspecified atom stereocenters. The fraction of sp³-hybridized carbons (Fsp3) is 0.0952. The Morgan fingerprint density at radius 2 is 1.42 bits per heavy atom. The molecule has 0 radical (unpaired) electrons. The SMILES string of the molecule is C[n+]1c(Cc2ccccc2)c2cc(N)ccc2c2ccc(N)cc21. The van der Waals surface area contributed by atoms with Crippen LogP contribution in [0.5, 0.6) is 0 Å². The Balaban J connectivity index is 2.08. The second kappa shape index (κ2) is 5.53. The van der Waals surface area contributed by atoms with Crippen molar-refractivity contribution in [2.45, 2.75) is 6.42 Å². The highest BCUT2D eigenvalue weighted by Crippen LogP contribution is 2.29. The van der Waals surface area contributed by atoms with Crippen LogP contribution in [0.4, 0.5) is 11.4 Å². The first-order chi connectivity index (χ1) is 11.6. The molecule has 1 aromatic heterocycles. The molecular weight excluding hydrogens is 294 g/mol. The molecule has 0 fully saturated rings. The van der Waals surface area contributed by atoms with Crippen molar-refractivity contribution in [3.8, 4) is 0 Å². The average molecular weight is 314 g/mol. The second-order valence-electron chi connectivity index (χ2n) is 6.25.